The van der Waals surface area contributed by atoms with Crippen LogP contribution in [0.4, 0.5) is 5.82 Å². The van der Waals surface area contributed by atoms with Gasteiger partial charge in [-0.05, 0) is 36.4 Å². The first-order valence-corrected chi connectivity index (χ1v) is 5.30. The zero-order chi connectivity index (χ0) is 12.5. The number of anilines is 1. The first kappa shape index (κ1) is 10.4. The van der Waals surface area contributed by atoms with E-state index < -0.39 is 0 Å². The third kappa shape index (κ3) is 1.60. The number of aromatic nitrogens is 3. The van der Waals surface area contributed by atoms with E-state index in [0.717, 1.165) is 5.69 Å². The highest BCUT2D eigenvalue weighted by Gasteiger charge is 2.14. The maximum atomic E-state index is 9.24. The number of furan rings is 1. The summed E-state index contributed by atoms with van der Waals surface area (Å²) in [7, 11) is 0. The molecule has 0 aliphatic rings. The van der Waals surface area contributed by atoms with E-state index in [1.807, 2.05) is 0 Å². The van der Waals surface area contributed by atoms with Crippen molar-refractivity contribution in [1.82, 2.24) is 15.0 Å². The number of nitrogens with two attached hydrogens (primary N) is 1. The van der Waals surface area contributed by atoms with Crippen LogP contribution < -0.4 is 5.73 Å². The number of aromatic hydroxyl groups is 1. The third-order valence-corrected chi connectivity index (χ3v) is 2.55. The predicted octanol–water partition coefficient (Wildman–Crippen LogP) is 1.82. The van der Waals surface area contributed by atoms with Gasteiger partial charge in [0.05, 0.1) is 12.0 Å². The highest BCUT2D eigenvalue weighted by molar-refractivity contribution is 5.66. The highest BCUT2D eigenvalue weighted by Crippen LogP contribution is 2.25. The van der Waals surface area contributed by atoms with Gasteiger partial charge in [0, 0.05) is 0 Å². The lowest BCUT2D eigenvalue weighted by atomic mass is 10.3. The standard InChI is InChI=1S/C12H10N4O2/c13-12-11(10-2-1-7-18-10)14-15-16(12)8-3-5-9(17)6-4-8/h1-7,17H,13H2. The molecule has 0 fully saturated rings. The molecule has 90 valence electrons. The highest BCUT2D eigenvalue weighted by atomic mass is 16.3. The molecular formula is C12H10N4O2. The van der Waals surface area contributed by atoms with Gasteiger partial charge in [0.15, 0.2) is 17.3 Å². The molecule has 0 amide bonds. The Kier molecular flexibility index (Phi) is 2.26. The van der Waals surface area contributed by atoms with E-state index in [-0.39, 0.29) is 5.75 Å². The predicted molar refractivity (Wildman–Crippen MR) is 65.1 cm³/mol. The van der Waals surface area contributed by atoms with E-state index in [2.05, 4.69) is 10.3 Å². The molecule has 6 heteroatoms. The van der Waals surface area contributed by atoms with Gasteiger partial charge in [0.2, 0.25) is 0 Å². The van der Waals surface area contributed by atoms with E-state index in [1.165, 1.54) is 4.68 Å². The molecule has 0 saturated carbocycles. The van der Waals surface area contributed by atoms with Crippen molar-refractivity contribution < 1.29 is 9.52 Å². The van der Waals surface area contributed by atoms with E-state index in [0.29, 0.717) is 17.3 Å². The fourth-order valence-electron chi connectivity index (χ4n) is 1.66. The van der Waals surface area contributed by atoms with Crippen molar-refractivity contribution in [1.29, 1.82) is 0 Å². The number of rotatable bonds is 2. The maximum absolute atomic E-state index is 9.24. The smallest absolute Gasteiger partial charge is 0.172 e. The van der Waals surface area contributed by atoms with Crippen LogP contribution in [0, 0.1) is 0 Å². The number of nitrogen functional groups attached to an aromatic ring is 1. The normalized spacial score (nSPS) is 10.7. The monoisotopic (exact) mass is 242 g/mol. The summed E-state index contributed by atoms with van der Waals surface area (Å²) in [5, 5.41) is 17.2. The average Bonchev–Trinajstić information content (AvgIpc) is 2.99. The Hall–Kier alpha value is -2.76. The van der Waals surface area contributed by atoms with E-state index in [1.54, 1.807) is 42.7 Å². The van der Waals surface area contributed by atoms with Crippen LogP contribution in [0.3, 0.4) is 0 Å². The fraction of sp³-hybridized carbons (Fsp3) is 0. The molecular weight excluding hydrogens is 232 g/mol. The van der Waals surface area contributed by atoms with Crippen LogP contribution in [0.1, 0.15) is 0 Å². The fourth-order valence-corrected chi connectivity index (χ4v) is 1.66. The van der Waals surface area contributed by atoms with Crippen LogP contribution in [0.2, 0.25) is 0 Å². The summed E-state index contributed by atoms with van der Waals surface area (Å²) in [6.45, 7) is 0. The van der Waals surface area contributed by atoms with Gasteiger partial charge in [0.25, 0.3) is 0 Å². The Balaban J connectivity index is 2.07. The topological polar surface area (TPSA) is 90.1 Å². The first-order chi connectivity index (χ1) is 8.75. The zero-order valence-electron chi connectivity index (χ0n) is 9.32. The number of phenolic OH excluding ortho intramolecular Hbond substituents is 1. The van der Waals surface area contributed by atoms with Crippen molar-refractivity contribution in [2.75, 3.05) is 5.73 Å². The van der Waals surface area contributed by atoms with E-state index >= 15 is 0 Å². The minimum atomic E-state index is 0.184. The molecule has 18 heavy (non-hydrogen) atoms. The van der Waals surface area contributed by atoms with Crippen molar-refractivity contribution in [3.63, 3.8) is 0 Å². The number of hydrogen-bond donors (Lipinski definition) is 2. The van der Waals surface area contributed by atoms with Gasteiger partial charge in [-0.1, -0.05) is 5.21 Å². The molecule has 0 unspecified atom stereocenters. The van der Waals surface area contributed by atoms with Crippen molar-refractivity contribution in [2.45, 2.75) is 0 Å². The van der Waals surface area contributed by atoms with Crippen LogP contribution in [-0.4, -0.2) is 20.1 Å². The molecule has 0 aliphatic heterocycles. The molecule has 0 spiro atoms. The van der Waals surface area contributed by atoms with Gasteiger partial charge in [-0.25, -0.2) is 0 Å². The Morgan fingerprint density at radius 3 is 2.61 bits per heavy atom. The van der Waals surface area contributed by atoms with Crippen molar-refractivity contribution >= 4 is 5.82 Å². The molecule has 2 aromatic heterocycles. The van der Waals surface area contributed by atoms with E-state index in [4.69, 9.17) is 10.2 Å². The van der Waals surface area contributed by atoms with Gasteiger partial charge in [0.1, 0.15) is 5.75 Å². The lowest BCUT2D eigenvalue weighted by Crippen LogP contribution is -2.01. The Bertz CT molecular complexity index is 656. The molecule has 6 nitrogen and oxygen atoms in total. The van der Waals surface area contributed by atoms with Gasteiger partial charge in [-0.3, -0.25) is 0 Å². The molecule has 1 aromatic carbocycles. The van der Waals surface area contributed by atoms with Crippen molar-refractivity contribution in [3.8, 4) is 22.9 Å². The number of phenols is 1. The van der Waals surface area contributed by atoms with Gasteiger partial charge in [-0.2, -0.15) is 4.68 Å². The van der Waals surface area contributed by atoms with Crippen molar-refractivity contribution in [3.05, 3.63) is 42.7 Å². The maximum Gasteiger partial charge on any atom is 0.172 e. The molecule has 0 atom stereocenters. The summed E-state index contributed by atoms with van der Waals surface area (Å²) in [6.07, 6.45) is 1.55. The number of nitrogens with zero attached hydrogens (tertiary/aromatic N) is 3. The second kappa shape index (κ2) is 3.92. The molecule has 0 radical (unpaired) electrons. The van der Waals surface area contributed by atoms with Crippen LogP contribution in [-0.2, 0) is 0 Å². The summed E-state index contributed by atoms with van der Waals surface area (Å²) in [5.41, 5.74) is 7.19. The van der Waals surface area contributed by atoms with Crippen molar-refractivity contribution in [2.24, 2.45) is 0 Å². The van der Waals surface area contributed by atoms with Gasteiger partial charge >= 0.3 is 0 Å². The summed E-state index contributed by atoms with van der Waals surface area (Å²) < 4.78 is 6.72. The number of benzene rings is 1. The Morgan fingerprint density at radius 1 is 1.17 bits per heavy atom. The zero-order valence-corrected chi connectivity index (χ0v) is 9.32. The van der Waals surface area contributed by atoms with Crippen LogP contribution in [0.15, 0.2) is 47.1 Å². The molecule has 0 saturated heterocycles. The summed E-state index contributed by atoms with van der Waals surface area (Å²) >= 11 is 0. The molecule has 0 bridgehead atoms. The quantitative estimate of drug-likeness (QED) is 0.715. The Morgan fingerprint density at radius 2 is 1.94 bits per heavy atom. The lowest BCUT2D eigenvalue weighted by molar-refractivity contribution is 0.475. The molecule has 3 rings (SSSR count). The summed E-state index contributed by atoms with van der Waals surface area (Å²) in [4.78, 5) is 0. The third-order valence-electron chi connectivity index (χ3n) is 2.55. The largest absolute Gasteiger partial charge is 0.508 e. The van der Waals surface area contributed by atoms with Crippen LogP contribution >= 0.6 is 0 Å². The molecule has 2 heterocycles. The first-order valence-electron chi connectivity index (χ1n) is 5.30. The molecule has 3 N–H and O–H groups in total. The second-order valence-electron chi connectivity index (χ2n) is 3.73. The minimum absolute atomic E-state index is 0.184. The van der Waals surface area contributed by atoms with E-state index in [9.17, 15) is 5.11 Å². The molecule has 3 aromatic rings. The van der Waals surface area contributed by atoms with Gasteiger partial charge < -0.3 is 15.3 Å². The molecule has 0 aliphatic carbocycles. The summed E-state index contributed by atoms with van der Waals surface area (Å²) in [5.74, 6) is 1.14. The van der Waals surface area contributed by atoms with Crippen LogP contribution in [0.25, 0.3) is 17.1 Å². The Labute approximate surface area is 102 Å². The average molecular weight is 242 g/mol. The van der Waals surface area contributed by atoms with Gasteiger partial charge in [-0.15, -0.1) is 5.10 Å². The lowest BCUT2D eigenvalue weighted by Gasteiger charge is -2.02. The second-order valence-corrected chi connectivity index (χ2v) is 3.73. The minimum Gasteiger partial charge on any atom is -0.508 e. The van der Waals surface area contributed by atoms with Crippen LogP contribution in [0.5, 0.6) is 5.75 Å². The summed E-state index contributed by atoms with van der Waals surface area (Å²) in [6, 6.07) is 10.0. The SMILES string of the molecule is Nc1c(-c2ccco2)nnn1-c1ccc(O)cc1. The number of hydrogen-bond acceptors (Lipinski definition) is 5.